The Kier molecular flexibility index (Phi) is 4.06. The molecule has 0 fully saturated rings. The number of hydrogen-bond donors (Lipinski definition) is 0. The van der Waals surface area contributed by atoms with Gasteiger partial charge in [-0.1, -0.05) is 0 Å². The fourth-order valence-electron chi connectivity index (χ4n) is 0.821. The molecule has 1 aromatic rings. The average Bonchev–Trinajstić information content (AvgIpc) is 2.10. The summed E-state index contributed by atoms with van der Waals surface area (Å²) < 4.78 is 49.6. The molecule has 0 N–H and O–H groups in total. The molecule has 0 heterocycles. The summed E-state index contributed by atoms with van der Waals surface area (Å²) >= 11 is 3.57. The van der Waals surface area contributed by atoms with Crippen molar-refractivity contribution in [3.8, 4) is 0 Å². The molecular formula is C9H7BrF4S. The van der Waals surface area contributed by atoms with Gasteiger partial charge in [0.05, 0.1) is 4.47 Å². The topological polar surface area (TPSA) is 0 Å². The third-order valence-corrected chi connectivity index (χ3v) is 3.42. The second-order valence-electron chi connectivity index (χ2n) is 2.88. The van der Waals surface area contributed by atoms with Crippen molar-refractivity contribution in [1.82, 2.24) is 0 Å². The van der Waals surface area contributed by atoms with Gasteiger partial charge in [-0.25, -0.2) is 4.39 Å². The van der Waals surface area contributed by atoms with E-state index in [2.05, 4.69) is 15.9 Å². The van der Waals surface area contributed by atoms with Gasteiger partial charge in [0, 0.05) is 4.90 Å². The van der Waals surface area contributed by atoms with Crippen LogP contribution in [0, 0.1) is 5.82 Å². The highest BCUT2D eigenvalue weighted by atomic mass is 79.9. The molecule has 0 spiro atoms. The molecule has 0 aliphatic rings. The van der Waals surface area contributed by atoms with E-state index in [4.69, 9.17) is 0 Å². The summed E-state index contributed by atoms with van der Waals surface area (Å²) in [5.74, 6) is -0.487. The average molecular weight is 303 g/mol. The molecule has 0 saturated heterocycles. The maximum absolute atomic E-state index is 12.8. The monoisotopic (exact) mass is 302 g/mol. The van der Waals surface area contributed by atoms with Crippen LogP contribution in [0.25, 0.3) is 0 Å². The molecule has 1 unspecified atom stereocenters. The van der Waals surface area contributed by atoms with E-state index < -0.39 is 17.2 Å². The Bertz CT molecular complexity index is 350. The van der Waals surface area contributed by atoms with Crippen LogP contribution in [0.15, 0.2) is 27.6 Å². The van der Waals surface area contributed by atoms with Gasteiger partial charge in [0.25, 0.3) is 0 Å². The van der Waals surface area contributed by atoms with E-state index in [-0.39, 0.29) is 4.47 Å². The summed E-state index contributed by atoms with van der Waals surface area (Å²) in [7, 11) is 0. The lowest BCUT2D eigenvalue weighted by Gasteiger charge is -2.14. The Balaban J connectivity index is 2.78. The third-order valence-electron chi connectivity index (χ3n) is 1.66. The molecule has 1 rings (SSSR count). The van der Waals surface area contributed by atoms with Gasteiger partial charge < -0.3 is 0 Å². The molecule has 0 aliphatic carbocycles. The molecule has 1 atom stereocenters. The van der Waals surface area contributed by atoms with Gasteiger partial charge in [-0.2, -0.15) is 13.2 Å². The van der Waals surface area contributed by atoms with Gasteiger partial charge in [0.2, 0.25) is 0 Å². The number of thioether (sulfide) groups is 1. The lowest BCUT2D eigenvalue weighted by molar-refractivity contribution is -0.125. The highest BCUT2D eigenvalue weighted by molar-refractivity contribution is 9.10. The minimum Gasteiger partial charge on any atom is -0.206 e. The van der Waals surface area contributed by atoms with E-state index in [1.807, 2.05) is 0 Å². The third kappa shape index (κ3) is 3.68. The fraction of sp³-hybridized carbons (Fsp3) is 0.333. The Morgan fingerprint density at radius 1 is 1.33 bits per heavy atom. The van der Waals surface area contributed by atoms with Gasteiger partial charge >= 0.3 is 6.18 Å². The Hall–Kier alpha value is -0.230. The molecule has 0 nitrogen and oxygen atoms in total. The van der Waals surface area contributed by atoms with Crippen LogP contribution in [0.1, 0.15) is 6.92 Å². The van der Waals surface area contributed by atoms with Crippen LogP contribution >= 0.6 is 27.7 Å². The minimum absolute atomic E-state index is 0.168. The summed E-state index contributed by atoms with van der Waals surface area (Å²) in [6.45, 7) is 1.07. The summed E-state index contributed by atoms with van der Waals surface area (Å²) in [4.78, 5) is 0.383. The molecular weight excluding hydrogens is 296 g/mol. The second-order valence-corrected chi connectivity index (χ2v) is 5.15. The standard InChI is InChI=1S/C9H7BrF4S/c1-5(9(12,13)14)15-6-2-3-8(11)7(10)4-6/h2-5H,1H3. The highest BCUT2D eigenvalue weighted by Gasteiger charge is 2.36. The Morgan fingerprint density at radius 3 is 2.40 bits per heavy atom. The first-order chi connectivity index (χ1) is 6.80. The Labute approximate surface area is 97.2 Å². The van der Waals surface area contributed by atoms with E-state index >= 15 is 0 Å². The first kappa shape index (κ1) is 12.8. The Morgan fingerprint density at radius 2 is 1.93 bits per heavy atom. The molecule has 15 heavy (non-hydrogen) atoms. The van der Waals surface area contributed by atoms with Gasteiger partial charge in [-0.15, -0.1) is 11.8 Å². The summed E-state index contributed by atoms with van der Waals surface area (Å²) in [6.07, 6.45) is -4.24. The van der Waals surface area contributed by atoms with Crippen molar-refractivity contribution < 1.29 is 17.6 Å². The van der Waals surface area contributed by atoms with Crippen LogP contribution in [0.2, 0.25) is 0 Å². The van der Waals surface area contributed by atoms with Crippen LogP contribution < -0.4 is 0 Å². The number of benzene rings is 1. The lowest BCUT2D eigenvalue weighted by Crippen LogP contribution is -2.21. The molecule has 0 aromatic heterocycles. The summed E-state index contributed by atoms with van der Waals surface area (Å²) in [5.41, 5.74) is 0. The van der Waals surface area contributed by atoms with Gasteiger partial charge in [-0.05, 0) is 41.1 Å². The predicted octanol–water partition coefficient (Wildman–Crippen LogP) is 4.63. The highest BCUT2D eigenvalue weighted by Crippen LogP contribution is 2.35. The SMILES string of the molecule is CC(Sc1ccc(F)c(Br)c1)C(F)(F)F. The predicted molar refractivity (Wildman–Crippen MR) is 55.5 cm³/mol. The molecule has 84 valence electrons. The van der Waals surface area contributed by atoms with Crippen LogP contribution in [-0.4, -0.2) is 11.4 Å². The number of hydrogen-bond acceptors (Lipinski definition) is 1. The lowest BCUT2D eigenvalue weighted by atomic mass is 10.3. The van der Waals surface area contributed by atoms with Crippen molar-refractivity contribution >= 4 is 27.7 Å². The van der Waals surface area contributed by atoms with Gasteiger partial charge in [0.1, 0.15) is 11.1 Å². The smallest absolute Gasteiger partial charge is 0.206 e. The number of halogens is 5. The summed E-state index contributed by atoms with van der Waals surface area (Å²) in [5, 5.41) is -1.50. The van der Waals surface area contributed by atoms with Gasteiger partial charge in [-0.3, -0.25) is 0 Å². The van der Waals surface area contributed by atoms with E-state index in [0.29, 0.717) is 16.7 Å². The summed E-state index contributed by atoms with van der Waals surface area (Å²) in [6, 6.07) is 3.80. The van der Waals surface area contributed by atoms with E-state index in [1.165, 1.54) is 12.1 Å². The van der Waals surface area contributed by atoms with Crippen molar-refractivity contribution in [2.24, 2.45) is 0 Å². The molecule has 0 saturated carbocycles. The van der Waals surface area contributed by atoms with Crippen molar-refractivity contribution in [1.29, 1.82) is 0 Å². The van der Waals surface area contributed by atoms with Crippen molar-refractivity contribution in [2.75, 3.05) is 0 Å². The number of rotatable bonds is 2. The minimum atomic E-state index is -4.24. The van der Waals surface area contributed by atoms with Crippen LogP contribution in [0.4, 0.5) is 17.6 Å². The van der Waals surface area contributed by atoms with E-state index in [9.17, 15) is 17.6 Å². The molecule has 1 aromatic carbocycles. The second kappa shape index (κ2) is 4.74. The normalized spacial score (nSPS) is 14.0. The molecule has 0 bridgehead atoms. The quantitative estimate of drug-likeness (QED) is 0.567. The van der Waals surface area contributed by atoms with E-state index in [0.717, 1.165) is 13.0 Å². The number of alkyl halides is 3. The first-order valence-corrected chi connectivity index (χ1v) is 5.66. The van der Waals surface area contributed by atoms with Crippen molar-refractivity contribution in [3.63, 3.8) is 0 Å². The maximum Gasteiger partial charge on any atom is 0.400 e. The molecule has 6 heteroatoms. The fourth-order valence-corrected chi connectivity index (χ4v) is 2.23. The van der Waals surface area contributed by atoms with Gasteiger partial charge in [0.15, 0.2) is 0 Å². The zero-order chi connectivity index (χ0) is 11.6. The maximum atomic E-state index is 12.8. The zero-order valence-electron chi connectivity index (χ0n) is 7.61. The zero-order valence-corrected chi connectivity index (χ0v) is 10.0. The molecule has 0 radical (unpaired) electrons. The van der Waals surface area contributed by atoms with Crippen molar-refractivity contribution in [3.05, 3.63) is 28.5 Å². The largest absolute Gasteiger partial charge is 0.400 e. The molecule has 0 amide bonds. The van der Waals surface area contributed by atoms with Crippen LogP contribution in [-0.2, 0) is 0 Å². The van der Waals surface area contributed by atoms with Crippen LogP contribution in [0.5, 0.6) is 0 Å². The first-order valence-electron chi connectivity index (χ1n) is 3.99. The van der Waals surface area contributed by atoms with Crippen LogP contribution in [0.3, 0.4) is 0 Å². The van der Waals surface area contributed by atoms with Crippen molar-refractivity contribution in [2.45, 2.75) is 23.2 Å². The molecule has 0 aliphatic heterocycles. The van der Waals surface area contributed by atoms with E-state index in [1.54, 1.807) is 0 Å².